The minimum atomic E-state index is -0.296. The molecule has 0 aliphatic heterocycles. The van der Waals surface area contributed by atoms with Crippen molar-refractivity contribution in [3.05, 3.63) is 42.9 Å². The molecule has 0 aliphatic rings. The molecule has 0 radical (unpaired) electrons. The Hall–Kier alpha value is -2.83. The number of aromatic amines is 1. The number of amides is 1. The van der Waals surface area contributed by atoms with Crippen molar-refractivity contribution in [1.82, 2.24) is 19.7 Å². The molecule has 1 amide bonds. The SMILES string of the molecule is CC(C)C[C@H](C(=O)Nc1n[nH]c(-c2ccco2)n1)n1cccc1. The van der Waals surface area contributed by atoms with Crippen LogP contribution >= 0.6 is 0 Å². The minimum absolute atomic E-state index is 0.139. The summed E-state index contributed by atoms with van der Waals surface area (Å²) in [4.78, 5) is 16.8. The molecule has 0 bridgehead atoms. The van der Waals surface area contributed by atoms with E-state index in [9.17, 15) is 4.79 Å². The lowest BCUT2D eigenvalue weighted by molar-refractivity contribution is -0.119. The monoisotopic (exact) mass is 313 g/mol. The Morgan fingerprint density at radius 1 is 1.35 bits per heavy atom. The van der Waals surface area contributed by atoms with Gasteiger partial charge in [0.15, 0.2) is 11.6 Å². The molecule has 120 valence electrons. The van der Waals surface area contributed by atoms with Gasteiger partial charge < -0.3 is 8.98 Å². The van der Waals surface area contributed by atoms with E-state index in [2.05, 4.69) is 34.3 Å². The van der Waals surface area contributed by atoms with Crippen molar-refractivity contribution in [2.24, 2.45) is 5.92 Å². The first kappa shape index (κ1) is 15.1. The highest BCUT2D eigenvalue weighted by Crippen LogP contribution is 2.20. The van der Waals surface area contributed by atoms with E-state index in [0.29, 0.717) is 17.5 Å². The summed E-state index contributed by atoms with van der Waals surface area (Å²) in [6.07, 6.45) is 6.06. The maximum atomic E-state index is 12.6. The van der Waals surface area contributed by atoms with E-state index in [-0.39, 0.29) is 17.9 Å². The highest BCUT2D eigenvalue weighted by atomic mass is 16.3. The number of hydrogen-bond acceptors (Lipinski definition) is 4. The summed E-state index contributed by atoms with van der Waals surface area (Å²) in [5.41, 5.74) is 0. The maximum Gasteiger partial charge on any atom is 0.249 e. The Morgan fingerprint density at radius 2 is 2.13 bits per heavy atom. The molecule has 7 nitrogen and oxygen atoms in total. The predicted molar refractivity (Wildman–Crippen MR) is 85.6 cm³/mol. The maximum absolute atomic E-state index is 12.6. The van der Waals surface area contributed by atoms with Crippen LogP contribution in [0.25, 0.3) is 11.6 Å². The van der Waals surface area contributed by atoms with Gasteiger partial charge in [-0.3, -0.25) is 15.2 Å². The summed E-state index contributed by atoms with van der Waals surface area (Å²) in [6.45, 7) is 4.18. The fourth-order valence-corrected chi connectivity index (χ4v) is 2.40. The zero-order valence-corrected chi connectivity index (χ0v) is 13.1. The fraction of sp³-hybridized carbons (Fsp3) is 0.312. The van der Waals surface area contributed by atoms with Gasteiger partial charge in [0.1, 0.15) is 6.04 Å². The van der Waals surface area contributed by atoms with Crippen molar-refractivity contribution in [1.29, 1.82) is 0 Å². The molecular weight excluding hydrogens is 294 g/mol. The van der Waals surface area contributed by atoms with Crippen molar-refractivity contribution in [3.63, 3.8) is 0 Å². The number of H-pyrrole nitrogens is 1. The first-order chi connectivity index (χ1) is 11.1. The molecule has 1 atom stereocenters. The molecule has 0 saturated carbocycles. The van der Waals surface area contributed by atoms with Gasteiger partial charge in [-0.1, -0.05) is 13.8 Å². The Kier molecular flexibility index (Phi) is 4.27. The standard InChI is InChI=1S/C16H19N5O2/c1-11(2)10-12(21-7-3-4-8-21)15(22)18-16-17-14(19-20-16)13-6-5-9-23-13/h3-9,11-12H,10H2,1-2H3,(H2,17,18,19,20,22)/t12-/m1/s1. The third-order valence-electron chi connectivity index (χ3n) is 3.46. The number of carbonyl (C=O) groups excluding carboxylic acids is 1. The molecule has 7 heteroatoms. The van der Waals surface area contributed by atoms with Crippen LogP contribution in [0.5, 0.6) is 0 Å². The van der Waals surface area contributed by atoms with Crippen LogP contribution in [0.3, 0.4) is 0 Å². The first-order valence-corrected chi connectivity index (χ1v) is 7.53. The lowest BCUT2D eigenvalue weighted by atomic mass is 10.0. The van der Waals surface area contributed by atoms with Gasteiger partial charge in [0, 0.05) is 12.4 Å². The van der Waals surface area contributed by atoms with Gasteiger partial charge in [-0.05, 0) is 36.6 Å². The second-order valence-corrected chi connectivity index (χ2v) is 5.75. The van der Waals surface area contributed by atoms with E-state index in [1.807, 2.05) is 29.1 Å². The summed E-state index contributed by atoms with van der Waals surface area (Å²) >= 11 is 0. The summed E-state index contributed by atoms with van der Waals surface area (Å²) < 4.78 is 7.14. The Labute approximate surface area is 133 Å². The van der Waals surface area contributed by atoms with Crippen LogP contribution in [0.15, 0.2) is 47.3 Å². The number of aromatic nitrogens is 4. The van der Waals surface area contributed by atoms with Crippen LogP contribution in [0, 0.1) is 5.92 Å². The largest absolute Gasteiger partial charge is 0.461 e. The molecular formula is C16H19N5O2. The average Bonchev–Trinajstić information content (AvgIpc) is 3.25. The van der Waals surface area contributed by atoms with Crippen LogP contribution in [-0.4, -0.2) is 25.7 Å². The molecule has 3 aromatic rings. The quantitative estimate of drug-likeness (QED) is 0.732. The molecule has 0 fully saturated rings. The molecule has 0 aromatic carbocycles. The van der Waals surface area contributed by atoms with Crippen LogP contribution in [-0.2, 0) is 4.79 Å². The third kappa shape index (κ3) is 3.50. The number of hydrogen-bond donors (Lipinski definition) is 2. The van der Waals surface area contributed by atoms with Crippen molar-refractivity contribution >= 4 is 11.9 Å². The number of rotatable bonds is 6. The number of anilines is 1. The smallest absolute Gasteiger partial charge is 0.249 e. The fourth-order valence-electron chi connectivity index (χ4n) is 2.40. The highest BCUT2D eigenvalue weighted by Gasteiger charge is 2.22. The molecule has 0 unspecified atom stereocenters. The van der Waals surface area contributed by atoms with Gasteiger partial charge in [0.25, 0.3) is 0 Å². The normalized spacial score (nSPS) is 12.5. The van der Waals surface area contributed by atoms with Crippen molar-refractivity contribution < 1.29 is 9.21 Å². The Morgan fingerprint density at radius 3 is 2.78 bits per heavy atom. The first-order valence-electron chi connectivity index (χ1n) is 7.53. The summed E-state index contributed by atoms with van der Waals surface area (Å²) in [5.74, 6) is 1.54. The van der Waals surface area contributed by atoms with E-state index in [1.165, 1.54) is 0 Å². The highest BCUT2D eigenvalue weighted by molar-refractivity contribution is 5.92. The minimum Gasteiger partial charge on any atom is -0.461 e. The third-order valence-corrected chi connectivity index (χ3v) is 3.46. The van der Waals surface area contributed by atoms with E-state index >= 15 is 0 Å². The second kappa shape index (κ2) is 6.51. The molecule has 23 heavy (non-hydrogen) atoms. The average molecular weight is 313 g/mol. The van der Waals surface area contributed by atoms with E-state index < -0.39 is 0 Å². The van der Waals surface area contributed by atoms with E-state index in [1.54, 1.807) is 18.4 Å². The van der Waals surface area contributed by atoms with Crippen LogP contribution in [0.1, 0.15) is 26.3 Å². The lowest BCUT2D eigenvalue weighted by Crippen LogP contribution is -2.27. The van der Waals surface area contributed by atoms with Crippen LogP contribution in [0.2, 0.25) is 0 Å². The zero-order chi connectivity index (χ0) is 16.2. The number of furan rings is 1. The summed E-state index contributed by atoms with van der Waals surface area (Å²) in [5, 5.41) is 9.53. The molecule has 3 heterocycles. The predicted octanol–water partition coefficient (Wildman–Crippen LogP) is 3.09. The molecule has 0 saturated heterocycles. The van der Waals surface area contributed by atoms with E-state index in [4.69, 9.17) is 4.42 Å². The molecule has 3 rings (SSSR count). The van der Waals surface area contributed by atoms with Gasteiger partial charge >= 0.3 is 0 Å². The van der Waals surface area contributed by atoms with Gasteiger partial charge in [-0.15, -0.1) is 5.10 Å². The number of nitrogens with one attached hydrogen (secondary N) is 2. The van der Waals surface area contributed by atoms with Crippen molar-refractivity contribution in [2.45, 2.75) is 26.3 Å². The topological polar surface area (TPSA) is 88.7 Å². The zero-order valence-electron chi connectivity index (χ0n) is 13.1. The number of carbonyl (C=O) groups is 1. The van der Waals surface area contributed by atoms with Gasteiger partial charge in [-0.25, -0.2) is 0 Å². The Balaban J connectivity index is 1.74. The molecule has 0 aliphatic carbocycles. The Bertz CT molecular complexity index is 743. The molecule has 3 aromatic heterocycles. The van der Waals surface area contributed by atoms with Gasteiger partial charge in [0.2, 0.25) is 11.9 Å². The van der Waals surface area contributed by atoms with E-state index in [0.717, 1.165) is 6.42 Å². The molecule has 0 spiro atoms. The van der Waals surface area contributed by atoms with Crippen molar-refractivity contribution in [3.8, 4) is 11.6 Å². The van der Waals surface area contributed by atoms with Crippen LogP contribution in [0.4, 0.5) is 5.95 Å². The van der Waals surface area contributed by atoms with Gasteiger partial charge in [-0.2, -0.15) is 4.98 Å². The summed E-state index contributed by atoms with van der Waals surface area (Å²) in [6, 6.07) is 7.05. The van der Waals surface area contributed by atoms with Crippen molar-refractivity contribution in [2.75, 3.05) is 5.32 Å². The van der Waals surface area contributed by atoms with Crippen LogP contribution < -0.4 is 5.32 Å². The molecule has 2 N–H and O–H groups in total. The number of nitrogens with zero attached hydrogens (tertiary/aromatic N) is 3. The summed E-state index contributed by atoms with van der Waals surface area (Å²) in [7, 11) is 0. The van der Waals surface area contributed by atoms with Gasteiger partial charge in [0.05, 0.1) is 6.26 Å². The second-order valence-electron chi connectivity index (χ2n) is 5.75. The lowest BCUT2D eigenvalue weighted by Gasteiger charge is -2.19.